The fourth-order valence-corrected chi connectivity index (χ4v) is 4.50. The van der Waals surface area contributed by atoms with Crippen molar-refractivity contribution < 1.29 is 19.1 Å². The Bertz CT molecular complexity index is 662. The summed E-state index contributed by atoms with van der Waals surface area (Å²) in [7, 11) is 0. The molecule has 0 spiro atoms. The van der Waals surface area contributed by atoms with Crippen LogP contribution in [-0.4, -0.2) is 35.0 Å². The van der Waals surface area contributed by atoms with E-state index in [4.69, 9.17) is 5.11 Å². The standard InChI is InChI=1S/C18H20FNO3/c19-15-13(2-1-3-14(15)16(21)22)12-4-6-20(7-5-12)17(23)18-8-11(9-18)10-18/h1-3,11-12H,4-10H2,(H,21,22). The van der Waals surface area contributed by atoms with Gasteiger partial charge in [0.1, 0.15) is 5.82 Å². The van der Waals surface area contributed by atoms with Crippen LogP contribution in [0.2, 0.25) is 0 Å². The number of piperidine rings is 1. The van der Waals surface area contributed by atoms with Crippen molar-refractivity contribution in [1.82, 2.24) is 4.90 Å². The van der Waals surface area contributed by atoms with Crippen molar-refractivity contribution in [2.24, 2.45) is 11.3 Å². The van der Waals surface area contributed by atoms with Crippen molar-refractivity contribution in [2.45, 2.75) is 38.0 Å². The monoisotopic (exact) mass is 317 g/mol. The average Bonchev–Trinajstić information content (AvgIpc) is 2.44. The summed E-state index contributed by atoms with van der Waals surface area (Å²) < 4.78 is 14.4. The molecule has 1 amide bonds. The predicted molar refractivity (Wildman–Crippen MR) is 81.7 cm³/mol. The van der Waals surface area contributed by atoms with Crippen molar-refractivity contribution in [1.29, 1.82) is 0 Å². The lowest BCUT2D eigenvalue weighted by molar-refractivity contribution is -0.177. The molecule has 4 fully saturated rings. The summed E-state index contributed by atoms with van der Waals surface area (Å²) in [5.74, 6) is -0.793. The van der Waals surface area contributed by atoms with E-state index in [-0.39, 0.29) is 16.9 Å². The van der Waals surface area contributed by atoms with Crippen molar-refractivity contribution >= 4 is 11.9 Å². The average molecular weight is 317 g/mol. The van der Waals surface area contributed by atoms with Gasteiger partial charge < -0.3 is 10.0 Å². The van der Waals surface area contributed by atoms with Gasteiger partial charge in [-0.2, -0.15) is 0 Å². The molecule has 1 N–H and O–H groups in total. The van der Waals surface area contributed by atoms with Gasteiger partial charge in [0.15, 0.2) is 0 Å². The SMILES string of the molecule is O=C(O)c1cccc(C2CCN(C(=O)C34CC(C3)C4)CC2)c1F. The molecular formula is C18H20FNO3. The third-order valence-corrected chi connectivity index (χ3v) is 5.97. The molecule has 1 aromatic rings. The summed E-state index contributed by atoms with van der Waals surface area (Å²) in [6.07, 6.45) is 4.57. The summed E-state index contributed by atoms with van der Waals surface area (Å²) in [6.45, 7) is 1.29. The van der Waals surface area contributed by atoms with Crippen molar-refractivity contribution in [2.75, 3.05) is 13.1 Å². The van der Waals surface area contributed by atoms with Crippen LogP contribution in [0.3, 0.4) is 0 Å². The Hall–Kier alpha value is -1.91. The summed E-state index contributed by atoms with van der Waals surface area (Å²) in [6, 6.07) is 4.56. The minimum absolute atomic E-state index is 0.00798. The second-order valence-corrected chi connectivity index (χ2v) is 7.34. The van der Waals surface area contributed by atoms with Crippen LogP contribution in [0.1, 0.15) is 53.9 Å². The van der Waals surface area contributed by atoms with Crippen LogP contribution in [0.25, 0.3) is 0 Å². The number of likely N-dealkylation sites (tertiary alicyclic amines) is 1. The molecule has 3 aliphatic carbocycles. The molecule has 0 atom stereocenters. The Kier molecular flexibility index (Phi) is 3.22. The molecule has 5 rings (SSSR count). The third-order valence-electron chi connectivity index (χ3n) is 5.97. The lowest BCUT2D eigenvalue weighted by Crippen LogP contribution is -2.61. The number of carbonyl (C=O) groups is 2. The summed E-state index contributed by atoms with van der Waals surface area (Å²) in [5, 5.41) is 9.04. The highest BCUT2D eigenvalue weighted by Crippen LogP contribution is 2.65. The molecule has 3 saturated carbocycles. The van der Waals surface area contributed by atoms with Gasteiger partial charge in [0, 0.05) is 13.1 Å². The fraction of sp³-hybridized carbons (Fsp3) is 0.556. The van der Waals surface area contributed by atoms with Gasteiger partial charge in [-0.25, -0.2) is 9.18 Å². The largest absolute Gasteiger partial charge is 0.478 e. The molecule has 1 aliphatic heterocycles. The van der Waals surface area contributed by atoms with E-state index in [1.54, 1.807) is 12.1 Å². The van der Waals surface area contributed by atoms with Crippen LogP contribution in [0.15, 0.2) is 18.2 Å². The maximum Gasteiger partial charge on any atom is 0.338 e. The Morgan fingerprint density at radius 2 is 1.83 bits per heavy atom. The van der Waals surface area contributed by atoms with E-state index in [2.05, 4.69) is 0 Å². The van der Waals surface area contributed by atoms with Gasteiger partial charge in [-0.15, -0.1) is 0 Å². The second-order valence-electron chi connectivity index (χ2n) is 7.34. The number of halogens is 1. The van der Waals surface area contributed by atoms with Crippen LogP contribution in [0, 0.1) is 17.2 Å². The molecule has 0 unspecified atom stereocenters. The van der Waals surface area contributed by atoms with Crippen LogP contribution >= 0.6 is 0 Å². The second kappa shape index (κ2) is 5.05. The summed E-state index contributed by atoms with van der Waals surface area (Å²) >= 11 is 0. The van der Waals surface area contributed by atoms with Crippen molar-refractivity contribution in [3.8, 4) is 0 Å². The zero-order valence-corrected chi connectivity index (χ0v) is 12.9. The quantitative estimate of drug-likeness (QED) is 0.932. The van der Waals surface area contributed by atoms with Crippen LogP contribution in [0.5, 0.6) is 0 Å². The van der Waals surface area contributed by atoms with E-state index >= 15 is 0 Å². The molecule has 1 aromatic carbocycles. The van der Waals surface area contributed by atoms with Gasteiger partial charge >= 0.3 is 5.97 Å². The van der Waals surface area contributed by atoms with Gasteiger partial charge in [0.2, 0.25) is 5.91 Å². The van der Waals surface area contributed by atoms with Gasteiger partial charge in [0.05, 0.1) is 11.0 Å². The topological polar surface area (TPSA) is 57.6 Å². The van der Waals surface area contributed by atoms with Crippen LogP contribution in [-0.2, 0) is 4.79 Å². The number of carboxylic acids is 1. The number of amides is 1. The van der Waals surface area contributed by atoms with E-state index in [1.165, 1.54) is 6.07 Å². The van der Waals surface area contributed by atoms with Crippen LogP contribution in [0.4, 0.5) is 4.39 Å². The molecule has 1 saturated heterocycles. The molecule has 0 radical (unpaired) electrons. The minimum Gasteiger partial charge on any atom is -0.478 e. The summed E-state index contributed by atoms with van der Waals surface area (Å²) in [5.41, 5.74) is 0.156. The number of aromatic carboxylic acids is 1. The van der Waals surface area contributed by atoms with E-state index < -0.39 is 11.8 Å². The van der Waals surface area contributed by atoms with Gasteiger partial charge in [-0.1, -0.05) is 12.1 Å². The first-order chi connectivity index (χ1) is 11.0. The Morgan fingerprint density at radius 1 is 1.17 bits per heavy atom. The number of nitrogens with zero attached hydrogens (tertiary/aromatic N) is 1. The molecule has 2 bridgehead atoms. The maximum atomic E-state index is 14.4. The van der Waals surface area contributed by atoms with E-state index in [1.807, 2.05) is 4.90 Å². The lowest BCUT2D eigenvalue weighted by Gasteiger charge is -2.61. The molecule has 1 heterocycles. The predicted octanol–water partition coefficient (Wildman–Crippen LogP) is 3.03. The number of hydrogen-bond donors (Lipinski definition) is 1. The first-order valence-corrected chi connectivity index (χ1v) is 8.31. The molecular weight excluding hydrogens is 297 g/mol. The molecule has 122 valence electrons. The van der Waals surface area contributed by atoms with Crippen molar-refractivity contribution in [3.05, 3.63) is 35.1 Å². The Balaban J connectivity index is 1.44. The molecule has 0 aromatic heterocycles. The lowest BCUT2D eigenvalue weighted by atomic mass is 9.44. The first kappa shape index (κ1) is 14.7. The highest BCUT2D eigenvalue weighted by molar-refractivity contribution is 5.88. The smallest absolute Gasteiger partial charge is 0.338 e. The van der Waals surface area contributed by atoms with Crippen LogP contribution < -0.4 is 0 Å². The third kappa shape index (κ3) is 2.17. The van der Waals surface area contributed by atoms with E-state index in [0.717, 1.165) is 25.2 Å². The molecule has 5 heteroatoms. The van der Waals surface area contributed by atoms with Gasteiger partial charge in [-0.05, 0) is 55.6 Å². The number of carbonyl (C=O) groups excluding carboxylic acids is 1. The van der Waals surface area contributed by atoms with Crippen molar-refractivity contribution in [3.63, 3.8) is 0 Å². The Labute approximate surface area is 134 Å². The van der Waals surface area contributed by atoms with E-state index in [9.17, 15) is 14.0 Å². The zero-order valence-electron chi connectivity index (χ0n) is 12.9. The highest BCUT2D eigenvalue weighted by Gasteiger charge is 2.62. The maximum absolute atomic E-state index is 14.4. The molecule has 4 nitrogen and oxygen atoms in total. The number of hydrogen-bond acceptors (Lipinski definition) is 2. The van der Waals surface area contributed by atoms with E-state index in [0.29, 0.717) is 37.4 Å². The highest BCUT2D eigenvalue weighted by atomic mass is 19.1. The zero-order chi connectivity index (χ0) is 16.2. The molecule has 4 aliphatic rings. The minimum atomic E-state index is -1.24. The fourth-order valence-electron chi connectivity index (χ4n) is 4.50. The Morgan fingerprint density at radius 3 is 2.35 bits per heavy atom. The summed E-state index contributed by atoms with van der Waals surface area (Å²) in [4.78, 5) is 25.6. The number of carboxylic acid groups (broad SMARTS) is 1. The van der Waals surface area contributed by atoms with Gasteiger partial charge in [-0.3, -0.25) is 4.79 Å². The molecule has 23 heavy (non-hydrogen) atoms. The number of rotatable bonds is 3. The van der Waals surface area contributed by atoms with Gasteiger partial charge in [0.25, 0.3) is 0 Å². The number of benzene rings is 1. The normalized spacial score (nSPS) is 29.6. The first-order valence-electron chi connectivity index (χ1n) is 8.31.